The normalized spacial score (nSPS) is 15.7. The van der Waals surface area contributed by atoms with Gasteiger partial charge in [-0.25, -0.2) is 9.63 Å². The number of esters is 1. The monoisotopic (exact) mass is 214 g/mol. The third kappa shape index (κ3) is 3.87. The molecule has 1 aliphatic heterocycles. The minimum Gasteiger partial charge on any atom is -0.461 e. The zero-order chi connectivity index (χ0) is 11.3. The summed E-state index contributed by atoms with van der Waals surface area (Å²) >= 11 is 0. The first-order valence-electron chi connectivity index (χ1n) is 5.28. The molecule has 0 saturated carbocycles. The van der Waals surface area contributed by atoms with Crippen molar-refractivity contribution in [3.05, 3.63) is 0 Å². The summed E-state index contributed by atoms with van der Waals surface area (Å²) in [6, 6.07) is 0. The van der Waals surface area contributed by atoms with Gasteiger partial charge in [0.05, 0.1) is 13.2 Å². The molecule has 1 aliphatic rings. The number of hydrazone groups is 1. The molecule has 1 rings (SSSR count). The highest BCUT2D eigenvalue weighted by Crippen LogP contribution is 2.08. The van der Waals surface area contributed by atoms with Gasteiger partial charge in [0, 0.05) is 0 Å². The van der Waals surface area contributed by atoms with Crippen molar-refractivity contribution >= 4 is 11.7 Å². The first-order chi connectivity index (χ1) is 7.13. The highest BCUT2D eigenvalue weighted by molar-refractivity contribution is 6.37. The summed E-state index contributed by atoms with van der Waals surface area (Å²) in [5, 5.41) is 5.50. The van der Waals surface area contributed by atoms with E-state index in [9.17, 15) is 4.79 Å². The highest BCUT2D eigenvalue weighted by atomic mass is 16.7. The van der Waals surface area contributed by atoms with Crippen LogP contribution in [0.15, 0.2) is 5.10 Å². The van der Waals surface area contributed by atoms with Crippen LogP contribution < -0.4 is 0 Å². The summed E-state index contributed by atoms with van der Waals surface area (Å²) in [5.41, 5.74) is 0.348. The fraction of sp³-hybridized carbons (Fsp3) is 0.800. The van der Waals surface area contributed by atoms with E-state index in [0.717, 1.165) is 6.42 Å². The molecule has 0 N–H and O–H groups in total. The Labute approximate surface area is 90.0 Å². The first kappa shape index (κ1) is 12.0. The van der Waals surface area contributed by atoms with Crippen LogP contribution in [0.5, 0.6) is 0 Å². The Kier molecular flexibility index (Phi) is 4.55. The number of ether oxygens (including phenoxy) is 1. The van der Waals surface area contributed by atoms with Crippen LogP contribution in [0.4, 0.5) is 0 Å². The van der Waals surface area contributed by atoms with Crippen molar-refractivity contribution < 1.29 is 14.4 Å². The number of hydroxylamine groups is 1. The average Bonchev–Trinajstić information content (AvgIpc) is 2.63. The van der Waals surface area contributed by atoms with Gasteiger partial charge >= 0.3 is 5.97 Å². The summed E-state index contributed by atoms with van der Waals surface area (Å²) in [6.07, 6.45) is 0.986. The summed E-state index contributed by atoms with van der Waals surface area (Å²) in [6.45, 7) is 7.32. The average molecular weight is 214 g/mol. The van der Waals surface area contributed by atoms with E-state index in [1.165, 1.54) is 5.17 Å². The van der Waals surface area contributed by atoms with Gasteiger partial charge in [0.15, 0.2) is 5.71 Å². The number of rotatable bonds is 5. The standard InChI is InChI=1S/C10H18N2O3/c1-4-14-10(13)9-7-15-12(11-9)6-5-8(2)3/h8H,4-7H2,1-3H3. The second-order valence-corrected chi connectivity index (χ2v) is 3.80. The van der Waals surface area contributed by atoms with Crippen molar-refractivity contribution in [2.75, 3.05) is 19.8 Å². The SMILES string of the molecule is CCOC(=O)C1=NN(CCC(C)C)OC1. The molecule has 0 bridgehead atoms. The second-order valence-electron chi connectivity index (χ2n) is 3.80. The molecule has 5 heteroatoms. The van der Waals surface area contributed by atoms with Gasteiger partial charge in [-0.2, -0.15) is 5.17 Å². The minimum atomic E-state index is -0.385. The molecule has 86 valence electrons. The van der Waals surface area contributed by atoms with E-state index >= 15 is 0 Å². The van der Waals surface area contributed by atoms with Gasteiger partial charge in [0.25, 0.3) is 0 Å². The summed E-state index contributed by atoms with van der Waals surface area (Å²) in [4.78, 5) is 16.5. The minimum absolute atomic E-state index is 0.219. The maximum Gasteiger partial charge on any atom is 0.357 e. The van der Waals surface area contributed by atoms with E-state index in [2.05, 4.69) is 18.9 Å². The largest absolute Gasteiger partial charge is 0.461 e. The molecule has 0 aromatic heterocycles. The van der Waals surface area contributed by atoms with Crippen LogP contribution in [-0.4, -0.2) is 36.6 Å². The van der Waals surface area contributed by atoms with Crippen LogP contribution >= 0.6 is 0 Å². The van der Waals surface area contributed by atoms with Crippen LogP contribution in [0, 0.1) is 5.92 Å². The maximum absolute atomic E-state index is 11.3. The zero-order valence-corrected chi connectivity index (χ0v) is 9.52. The summed E-state index contributed by atoms with van der Waals surface area (Å²) in [7, 11) is 0. The molecule has 0 radical (unpaired) electrons. The first-order valence-corrected chi connectivity index (χ1v) is 5.28. The number of nitrogens with zero attached hydrogens (tertiary/aromatic N) is 2. The molecule has 0 aromatic rings. The molecule has 5 nitrogen and oxygen atoms in total. The van der Waals surface area contributed by atoms with Crippen LogP contribution in [0.25, 0.3) is 0 Å². The van der Waals surface area contributed by atoms with E-state index in [1.54, 1.807) is 6.92 Å². The number of carbonyl (C=O) groups is 1. The van der Waals surface area contributed by atoms with Crippen molar-refractivity contribution in [2.24, 2.45) is 11.0 Å². The third-order valence-electron chi connectivity index (χ3n) is 1.99. The number of hydrogen-bond acceptors (Lipinski definition) is 5. The molecule has 0 amide bonds. The molecule has 1 heterocycles. The van der Waals surface area contributed by atoms with E-state index in [0.29, 0.717) is 24.8 Å². The van der Waals surface area contributed by atoms with Gasteiger partial charge in [-0.1, -0.05) is 13.8 Å². The van der Waals surface area contributed by atoms with E-state index in [-0.39, 0.29) is 12.6 Å². The van der Waals surface area contributed by atoms with Crippen LogP contribution in [0.2, 0.25) is 0 Å². The van der Waals surface area contributed by atoms with Gasteiger partial charge in [-0.3, -0.25) is 0 Å². The smallest absolute Gasteiger partial charge is 0.357 e. The Bertz CT molecular complexity index is 251. The molecule has 0 saturated heterocycles. The molecular weight excluding hydrogens is 196 g/mol. The number of hydrogen-bond donors (Lipinski definition) is 0. The van der Waals surface area contributed by atoms with Crippen molar-refractivity contribution in [3.8, 4) is 0 Å². The second kappa shape index (κ2) is 5.70. The van der Waals surface area contributed by atoms with Crippen molar-refractivity contribution in [1.29, 1.82) is 0 Å². The van der Waals surface area contributed by atoms with Crippen molar-refractivity contribution in [2.45, 2.75) is 27.2 Å². The van der Waals surface area contributed by atoms with Crippen LogP contribution in [0.3, 0.4) is 0 Å². The highest BCUT2D eigenvalue weighted by Gasteiger charge is 2.22. The van der Waals surface area contributed by atoms with Crippen LogP contribution in [-0.2, 0) is 14.4 Å². The predicted molar refractivity (Wildman–Crippen MR) is 56.2 cm³/mol. The summed E-state index contributed by atoms with van der Waals surface area (Å²) < 4.78 is 4.82. The Morgan fingerprint density at radius 1 is 1.67 bits per heavy atom. The van der Waals surface area contributed by atoms with Gasteiger partial charge in [0.1, 0.15) is 6.61 Å². The fourth-order valence-corrected chi connectivity index (χ4v) is 1.13. The number of carbonyl (C=O) groups excluding carboxylic acids is 1. The van der Waals surface area contributed by atoms with E-state index < -0.39 is 0 Å². The molecular formula is C10H18N2O3. The van der Waals surface area contributed by atoms with E-state index in [1.807, 2.05) is 0 Å². The molecule has 15 heavy (non-hydrogen) atoms. The van der Waals surface area contributed by atoms with Crippen molar-refractivity contribution in [1.82, 2.24) is 5.17 Å². The Balaban J connectivity index is 2.37. The lowest BCUT2D eigenvalue weighted by molar-refractivity contribution is -0.136. The Morgan fingerprint density at radius 2 is 2.40 bits per heavy atom. The third-order valence-corrected chi connectivity index (χ3v) is 1.99. The fourth-order valence-electron chi connectivity index (χ4n) is 1.13. The van der Waals surface area contributed by atoms with Crippen LogP contribution in [0.1, 0.15) is 27.2 Å². The lowest BCUT2D eigenvalue weighted by Gasteiger charge is -2.12. The lowest BCUT2D eigenvalue weighted by atomic mass is 10.1. The molecule has 0 unspecified atom stereocenters. The quantitative estimate of drug-likeness (QED) is 0.645. The predicted octanol–water partition coefficient (Wildman–Crippen LogP) is 1.20. The summed E-state index contributed by atoms with van der Waals surface area (Å²) in [5.74, 6) is 0.208. The maximum atomic E-state index is 11.3. The molecule has 0 aromatic carbocycles. The van der Waals surface area contributed by atoms with Crippen molar-refractivity contribution in [3.63, 3.8) is 0 Å². The Hall–Kier alpha value is -1.10. The van der Waals surface area contributed by atoms with Gasteiger partial charge < -0.3 is 4.74 Å². The molecule has 0 spiro atoms. The topological polar surface area (TPSA) is 51.1 Å². The molecule has 0 fully saturated rings. The van der Waals surface area contributed by atoms with Gasteiger partial charge in [-0.05, 0) is 19.3 Å². The van der Waals surface area contributed by atoms with E-state index in [4.69, 9.17) is 9.57 Å². The molecule has 0 aliphatic carbocycles. The van der Waals surface area contributed by atoms with Gasteiger partial charge in [0.2, 0.25) is 0 Å². The zero-order valence-electron chi connectivity index (χ0n) is 9.52. The lowest BCUT2D eigenvalue weighted by Crippen LogP contribution is -2.18. The Morgan fingerprint density at radius 3 is 3.00 bits per heavy atom. The molecule has 0 atom stereocenters. The van der Waals surface area contributed by atoms with Gasteiger partial charge in [-0.15, -0.1) is 5.10 Å².